The van der Waals surface area contributed by atoms with Crippen molar-refractivity contribution in [3.05, 3.63) is 153 Å². The SMILES string of the molecule is COC(=O)C[C@@H]1O[C@@H](c2cccc(OC)c2OC)c2cc(Cl)ccc2-n2cccc21.COC(=O)C[C@H]1O[C@H](c2cccc(OC)c2OC)c2cc(Cl)ccc2-n2cccc21. The van der Waals surface area contributed by atoms with Crippen LogP contribution in [0.1, 0.15) is 70.9 Å². The van der Waals surface area contributed by atoms with Gasteiger partial charge in [-0.1, -0.05) is 47.5 Å². The Morgan fingerprint density at radius 2 is 0.950 bits per heavy atom. The Kier molecular flexibility index (Phi) is 13.1. The number of esters is 2. The predicted octanol–water partition coefficient (Wildman–Crippen LogP) is 9.74. The highest BCUT2D eigenvalue weighted by Crippen LogP contribution is 2.48. The molecule has 2 aromatic heterocycles. The summed E-state index contributed by atoms with van der Waals surface area (Å²) in [4.78, 5) is 24.3. The van der Waals surface area contributed by atoms with E-state index in [1.807, 2.05) is 119 Å². The number of carbonyl (C=O) groups excluding carboxylic acids is 2. The van der Waals surface area contributed by atoms with Gasteiger partial charge in [-0.2, -0.15) is 0 Å². The summed E-state index contributed by atoms with van der Waals surface area (Å²) in [6.07, 6.45) is 1.90. The largest absolute Gasteiger partial charge is 0.493 e. The first kappa shape index (κ1) is 42.2. The molecule has 0 N–H and O–H groups in total. The van der Waals surface area contributed by atoms with Crippen LogP contribution >= 0.6 is 23.2 Å². The maximum Gasteiger partial charge on any atom is 0.308 e. The standard InChI is InChI=1S/2C23H22ClNO5/c2*1-27-19-8-4-6-15(23(19)29-3)22-16-12-14(24)9-10-17(16)25-11-5-7-18(25)20(30-22)13-21(26)28-2/h2*4-12,20,22H,13H2,1-3H3/t2*20-,22-/m10/s1. The van der Waals surface area contributed by atoms with E-state index in [1.54, 1.807) is 28.4 Å². The van der Waals surface area contributed by atoms with Gasteiger partial charge < -0.3 is 47.0 Å². The Morgan fingerprint density at radius 1 is 0.533 bits per heavy atom. The van der Waals surface area contributed by atoms with Crippen LogP contribution in [0.15, 0.2) is 109 Å². The van der Waals surface area contributed by atoms with Crippen LogP contribution in [0.25, 0.3) is 11.4 Å². The summed E-state index contributed by atoms with van der Waals surface area (Å²) < 4.78 is 49.3. The van der Waals surface area contributed by atoms with Gasteiger partial charge in [0.15, 0.2) is 23.0 Å². The molecular formula is C46H44Cl2N2O10. The molecule has 0 saturated heterocycles. The molecule has 4 atom stereocenters. The Labute approximate surface area is 357 Å². The highest BCUT2D eigenvalue weighted by molar-refractivity contribution is 6.31. The Morgan fingerprint density at radius 3 is 1.32 bits per heavy atom. The van der Waals surface area contributed by atoms with Crippen molar-refractivity contribution in [2.75, 3.05) is 42.7 Å². The van der Waals surface area contributed by atoms with Gasteiger partial charge in [0, 0.05) is 44.7 Å². The number of rotatable bonds is 10. The fourth-order valence-electron chi connectivity index (χ4n) is 7.77. The first-order valence-corrected chi connectivity index (χ1v) is 19.7. The molecule has 0 aliphatic carbocycles. The van der Waals surface area contributed by atoms with E-state index in [0.29, 0.717) is 33.0 Å². The van der Waals surface area contributed by atoms with Gasteiger partial charge in [-0.25, -0.2) is 0 Å². The van der Waals surface area contributed by atoms with Crippen molar-refractivity contribution >= 4 is 35.1 Å². The van der Waals surface area contributed by atoms with E-state index in [2.05, 4.69) is 0 Å². The molecule has 0 fully saturated rings. The lowest BCUT2D eigenvalue weighted by Crippen LogP contribution is -2.15. The highest BCUT2D eigenvalue weighted by atomic mass is 35.5. The summed E-state index contributed by atoms with van der Waals surface area (Å²) in [7, 11) is 9.10. The number of para-hydroxylation sites is 2. The summed E-state index contributed by atoms with van der Waals surface area (Å²) in [5.74, 6) is 1.62. The number of ether oxygens (including phenoxy) is 8. The van der Waals surface area contributed by atoms with Crippen LogP contribution in [0, 0.1) is 0 Å². The number of benzene rings is 4. The summed E-state index contributed by atoms with van der Waals surface area (Å²) in [5, 5.41) is 1.17. The number of carbonyl (C=O) groups is 2. The third-order valence-electron chi connectivity index (χ3n) is 10.5. The molecule has 2 aliphatic heterocycles. The van der Waals surface area contributed by atoms with E-state index in [9.17, 15) is 9.59 Å². The summed E-state index contributed by atoms with van der Waals surface area (Å²) in [6.45, 7) is 0. The molecule has 0 radical (unpaired) electrons. The molecule has 312 valence electrons. The van der Waals surface area contributed by atoms with E-state index in [1.165, 1.54) is 14.2 Å². The normalized spacial score (nSPS) is 17.5. The predicted molar refractivity (Wildman–Crippen MR) is 225 cm³/mol. The minimum atomic E-state index is -0.543. The maximum absolute atomic E-state index is 12.1. The van der Waals surface area contributed by atoms with E-state index in [-0.39, 0.29) is 24.8 Å². The minimum absolute atomic E-state index is 0.0744. The van der Waals surface area contributed by atoms with Crippen LogP contribution in [0.4, 0.5) is 0 Å². The monoisotopic (exact) mass is 854 g/mol. The second kappa shape index (κ2) is 18.6. The zero-order chi connectivity index (χ0) is 42.5. The van der Waals surface area contributed by atoms with Gasteiger partial charge in [-0.3, -0.25) is 9.59 Å². The average molecular weight is 856 g/mol. The van der Waals surface area contributed by atoms with Crippen LogP contribution in [-0.4, -0.2) is 63.7 Å². The van der Waals surface area contributed by atoms with Gasteiger partial charge in [0.2, 0.25) is 0 Å². The molecule has 14 heteroatoms. The molecule has 4 aromatic carbocycles. The fourth-order valence-corrected chi connectivity index (χ4v) is 8.13. The van der Waals surface area contributed by atoms with E-state index in [0.717, 1.165) is 45.0 Å². The zero-order valence-corrected chi connectivity index (χ0v) is 35.4. The van der Waals surface area contributed by atoms with Crippen molar-refractivity contribution in [2.24, 2.45) is 0 Å². The summed E-state index contributed by atoms with van der Waals surface area (Å²) >= 11 is 12.7. The Hall–Kier alpha value is -5.92. The van der Waals surface area contributed by atoms with Gasteiger partial charge in [0.1, 0.15) is 24.4 Å². The molecule has 12 nitrogen and oxygen atoms in total. The highest BCUT2D eigenvalue weighted by Gasteiger charge is 2.36. The van der Waals surface area contributed by atoms with Crippen molar-refractivity contribution in [1.82, 2.24) is 9.13 Å². The molecule has 0 bridgehead atoms. The number of methoxy groups -OCH3 is 6. The molecule has 0 amide bonds. The Bertz CT molecular complexity index is 2330. The van der Waals surface area contributed by atoms with E-state index < -0.39 is 24.4 Å². The minimum Gasteiger partial charge on any atom is -0.493 e. The quantitative estimate of drug-likeness (QED) is 0.123. The second-order valence-electron chi connectivity index (χ2n) is 13.7. The van der Waals surface area contributed by atoms with E-state index in [4.69, 9.17) is 61.1 Å². The van der Waals surface area contributed by atoms with Crippen LogP contribution < -0.4 is 18.9 Å². The fraction of sp³-hybridized carbons (Fsp3) is 0.261. The molecular weight excluding hydrogens is 811 g/mol. The number of hydrogen-bond acceptors (Lipinski definition) is 10. The van der Waals surface area contributed by atoms with Crippen molar-refractivity contribution < 1.29 is 47.5 Å². The maximum atomic E-state index is 12.1. The lowest BCUT2D eigenvalue weighted by Gasteiger charge is -2.25. The molecule has 8 rings (SSSR count). The summed E-state index contributed by atoms with van der Waals surface area (Å²) in [6, 6.07) is 30.3. The number of halogens is 2. The van der Waals surface area contributed by atoms with Crippen molar-refractivity contribution in [1.29, 1.82) is 0 Å². The molecule has 0 spiro atoms. The number of aromatic nitrogens is 2. The number of nitrogens with zero attached hydrogens (tertiary/aromatic N) is 2. The summed E-state index contributed by atoms with van der Waals surface area (Å²) in [5.41, 5.74) is 6.82. The molecule has 0 unspecified atom stereocenters. The first-order valence-electron chi connectivity index (χ1n) is 18.9. The van der Waals surface area contributed by atoms with Crippen molar-refractivity contribution in [3.63, 3.8) is 0 Å². The first-order chi connectivity index (χ1) is 29.1. The molecule has 4 heterocycles. The third-order valence-corrected chi connectivity index (χ3v) is 10.9. The van der Waals surface area contributed by atoms with Crippen LogP contribution in [0.2, 0.25) is 10.0 Å². The molecule has 0 saturated carbocycles. The van der Waals surface area contributed by atoms with Crippen molar-refractivity contribution in [3.8, 4) is 34.4 Å². The lowest BCUT2D eigenvalue weighted by molar-refractivity contribution is -0.146. The van der Waals surface area contributed by atoms with Crippen LogP contribution in [0.5, 0.6) is 23.0 Å². The van der Waals surface area contributed by atoms with Gasteiger partial charge in [0.05, 0.1) is 78.3 Å². The second-order valence-corrected chi connectivity index (χ2v) is 14.6. The van der Waals surface area contributed by atoms with Crippen molar-refractivity contribution in [2.45, 2.75) is 37.3 Å². The van der Waals surface area contributed by atoms with Crippen LogP contribution in [-0.2, 0) is 28.5 Å². The van der Waals surface area contributed by atoms with Gasteiger partial charge in [0.25, 0.3) is 0 Å². The van der Waals surface area contributed by atoms with Gasteiger partial charge in [-0.05, 0) is 72.8 Å². The van der Waals surface area contributed by atoms with Gasteiger partial charge >= 0.3 is 11.9 Å². The third kappa shape index (κ3) is 8.28. The number of fused-ring (bicyclic) bond motifs is 6. The van der Waals surface area contributed by atoms with Crippen LogP contribution in [0.3, 0.4) is 0 Å². The average Bonchev–Trinajstić information content (AvgIpc) is 3.92. The number of hydrogen-bond donors (Lipinski definition) is 0. The smallest absolute Gasteiger partial charge is 0.308 e. The van der Waals surface area contributed by atoms with E-state index >= 15 is 0 Å². The molecule has 2 aliphatic rings. The topological polar surface area (TPSA) is 118 Å². The molecule has 60 heavy (non-hydrogen) atoms. The van der Waals surface area contributed by atoms with Gasteiger partial charge in [-0.15, -0.1) is 0 Å². The molecule has 6 aromatic rings. The lowest BCUT2D eigenvalue weighted by atomic mass is 9.98. The zero-order valence-electron chi connectivity index (χ0n) is 33.8. The Balaban J connectivity index is 0.000000181.